The molecule has 8 nitrogen and oxygen atoms in total. The van der Waals surface area contributed by atoms with Crippen LogP contribution >= 0.6 is 0 Å². The van der Waals surface area contributed by atoms with Gasteiger partial charge in [-0.1, -0.05) is 13.8 Å². The number of benzene rings is 1. The van der Waals surface area contributed by atoms with Crippen LogP contribution in [0.15, 0.2) is 33.9 Å². The van der Waals surface area contributed by atoms with Crippen molar-refractivity contribution in [3.63, 3.8) is 0 Å². The number of fused-ring (bicyclic) bond motifs is 1. The van der Waals surface area contributed by atoms with Crippen LogP contribution in [-0.4, -0.2) is 45.3 Å². The van der Waals surface area contributed by atoms with E-state index >= 15 is 0 Å². The molecule has 3 aromatic rings. The number of aromatic amines is 1. The second-order valence-corrected chi connectivity index (χ2v) is 7.86. The number of piperazine rings is 1. The highest BCUT2D eigenvalue weighted by Gasteiger charge is 2.25. The highest BCUT2D eigenvalue weighted by Crippen LogP contribution is 2.24. The third kappa shape index (κ3) is 3.52. The summed E-state index contributed by atoms with van der Waals surface area (Å²) in [6.07, 6.45) is 0. The number of imidazole rings is 1. The third-order valence-corrected chi connectivity index (χ3v) is 5.29. The molecule has 1 aromatic carbocycles. The van der Waals surface area contributed by atoms with Crippen molar-refractivity contribution in [3.05, 3.63) is 50.9 Å². The number of nitrogens with zero attached hydrogens (tertiary/aromatic N) is 5. The summed E-state index contributed by atoms with van der Waals surface area (Å²) < 4.78 is 16.5. The van der Waals surface area contributed by atoms with Crippen molar-refractivity contribution in [1.82, 2.24) is 19.1 Å². The Hall–Kier alpha value is -3.10. The quantitative estimate of drug-likeness (QED) is 0.719. The summed E-state index contributed by atoms with van der Waals surface area (Å²) in [5.74, 6) is 0.771. The molecule has 1 fully saturated rings. The standard InChI is InChI=1S/C20H25FN6O2/c1-13(2)12-27-16-17(24(3)20(29)23-18(16)28)22-19(27)26-10-8-25(9-11-26)15-6-4-14(21)5-7-15/h4-7,13H,8-12H2,1-3H3,(H,23,28,29). The summed E-state index contributed by atoms with van der Waals surface area (Å²) in [6, 6.07) is 6.51. The molecule has 3 heterocycles. The van der Waals surface area contributed by atoms with Crippen molar-refractivity contribution in [2.24, 2.45) is 13.0 Å². The Balaban J connectivity index is 1.68. The Bertz CT molecular complexity index is 1140. The number of H-pyrrole nitrogens is 1. The minimum Gasteiger partial charge on any atom is -0.368 e. The van der Waals surface area contributed by atoms with Crippen LogP contribution in [-0.2, 0) is 13.6 Å². The van der Waals surface area contributed by atoms with Crippen molar-refractivity contribution < 1.29 is 4.39 Å². The first-order valence-electron chi connectivity index (χ1n) is 9.80. The van der Waals surface area contributed by atoms with E-state index in [4.69, 9.17) is 0 Å². The largest absolute Gasteiger partial charge is 0.368 e. The Morgan fingerprint density at radius 1 is 1.07 bits per heavy atom. The SMILES string of the molecule is CC(C)Cn1c(N2CCN(c3ccc(F)cc3)CC2)nc2c1c(=O)[nH]c(=O)n2C. The molecule has 0 spiro atoms. The molecule has 2 aromatic heterocycles. The van der Waals surface area contributed by atoms with Crippen LogP contribution in [0.3, 0.4) is 0 Å². The van der Waals surface area contributed by atoms with E-state index in [0.29, 0.717) is 42.7 Å². The van der Waals surface area contributed by atoms with Crippen molar-refractivity contribution in [2.75, 3.05) is 36.0 Å². The molecule has 1 aliphatic heterocycles. The van der Waals surface area contributed by atoms with Crippen LogP contribution < -0.4 is 21.0 Å². The number of nitrogens with one attached hydrogen (secondary N) is 1. The molecular formula is C20H25FN6O2. The molecule has 154 valence electrons. The molecule has 1 aliphatic rings. The maximum atomic E-state index is 13.2. The summed E-state index contributed by atoms with van der Waals surface area (Å²) in [4.78, 5) is 35.9. The highest BCUT2D eigenvalue weighted by molar-refractivity contribution is 5.74. The minimum atomic E-state index is -0.468. The van der Waals surface area contributed by atoms with E-state index in [2.05, 4.69) is 33.6 Å². The normalized spacial score (nSPS) is 14.9. The van der Waals surface area contributed by atoms with Crippen LogP contribution in [0, 0.1) is 11.7 Å². The van der Waals surface area contributed by atoms with Gasteiger partial charge in [0.05, 0.1) is 0 Å². The van der Waals surface area contributed by atoms with Crippen molar-refractivity contribution in [2.45, 2.75) is 20.4 Å². The fourth-order valence-corrected chi connectivity index (χ4v) is 3.82. The zero-order chi connectivity index (χ0) is 20.7. The Morgan fingerprint density at radius 3 is 2.31 bits per heavy atom. The topological polar surface area (TPSA) is 79.2 Å². The first-order valence-corrected chi connectivity index (χ1v) is 9.80. The van der Waals surface area contributed by atoms with E-state index in [1.807, 2.05) is 4.57 Å². The molecule has 4 rings (SSSR count). The number of halogens is 1. The molecular weight excluding hydrogens is 375 g/mol. The summed E-state index contributed by atoms with van der Waals surface area (Å²) in [5, 5.41) is 0. The lowest BCUT2D eigenvalue weighted by atomic mass is 10.2. The average molecular weight is 400 g/mol. The zero-order valence-corrected chi connectivity index (χ0v) is 16.9. The Morgan fingerprint density at radius 2 is 1.69 bits per heavy atom. The molecule has 0 atom stereocenters. The number of aryl methyl sites for hydroxylation is 1. The van der Waals surface area contributed by atoms with Gasteiger partial charge < -0.3 is 14.4 Å². The Kier molecular flexibility index (Phi) is 4.89. The van der Waals surface area contributed by atoms with Gasteiger partial charge >= 0.3 is 5.69 Å². The van der Waals surface area contributed by atoms with Crippen LogP contribution in [0.5, 0.6) is 0 Å². The Labute approximate surface area is 167 Å². The number of hydrogen-bond acceptors (Lipinski definition) is 5. The maximum absolute atomic E-state index is 13.2. The summed E-state index contributed by atoms with van der Waals surface area (Å²) >= 11 is 0. The lowest BCUT2D eigenvalue weighted by molar-refractivity contribution is 0.521. The summed E-state index contributed by atoms with van der Waals surface area (Å²) in [7, 11) is 1.61. The van der Waals surface area contributed by atoms with E-state index in [-0.39, 0.29) is 5.82 Å². The molecule has 1 saturated heterocycles. The first kappa shape index (κ1) is 19.2. The lowest BCUT2D eigenvalue weighted by Crippen LogP contribution is -2.47. The van der Waals surface area contributed by atoms with E-state index in [1.165, 1.54) is 16.7 Å². The van der Waals surface area contributed by atoms with Gasteiger partial charge in [0.2, 0.25) is 5.95 Å². The average Bonchev–Trinajstić information content (AvgIpc) is 3.06. The second-order valence-electron chi connectivity index (χ2n) is 7.86. The van der Waals surface area contributed by atoms with Crippen LogP contribution in [0.25, 0.3) is 11.2 Å². The number of rotatable bonds is 4. The van der Waals surface area contributed by atoms with Crippen molar-refractivity contribution in [3.8, 4) is 0 Å². The van der Waals surface area contributed by atoms with Crippen LogP contribution in [0.2, 0.25) is 0 Å². The van der Waals surface area contributed by atoms with Gasteiger partial charge in [-0.05, 0) is 30.2 Å². The molecule has 9 heteroatoms. The fourth-order valence-electron chi connectivity index (χ4n) is 3.82. The summed E-state index contributed by atoms with van der Waals surface area (Å²) in [6.45, 7) is 7.73. The van der Waals surface area contributed by atoms with Gasteiger partial charge in [0.1, 0.15) is 5.82 Å². The molecule has 0 aliphatic carbocycles. The van der Waals surface area contributed by atoms with Gasteiger partial charge in [-0.2, -0.15) is 4.98 Å². The minimum absolute atomic E-state index is 0.245. The predicted octanol–water partition coefficient (Wildman–Crippen LogP) is 1.54. The molecule has 1 N–H and O–H groups in total. The van der Waals surface area contributed by atoms with E-state index in [0.717, 1.165) is 18.8 Å². The molecule has 0 bridgehead atoms. The number of anilines is 2. The van der Waals surface area contributed by atoms with Gasteiger partial charge in [-0.3, -0.25) is 14.3 Å². The first-order chi connectivity index (χ1) is 13.8. The zero-order valence-electron chi connectivity index (χ0n) is 16.9. The maximum Gasteiger partial charge on any atom is 0.329 e. The fraction of sp³-hybridized carbons (Fsp3) is 0.450. The van der Waals surface area contributed by atoms with E-state index in [9.17, 15) is 14.0 Å². The third-order valence-electron chi connectivity index (χ3n) is 5.29. The highest BCUT2D eigenvalue weighted by atomic mass is 19.1. The number of hydrogen-bond donors (Lipinski definition) is 1. The second kappa shape index (κ2) is 7.38. The van der Waals surface area contributed by atoms with Gasteiger partial charge in [0.25, 0.3) is 5.56 Å². The number of aromatic nitrogens is 4. The van der Waals surface area contributed by atoms with Gasteiger partial charge in [-0.15, -0.1) is 0 Å². The van der Waals surface area contributed by atoms with E-state index in [1.54, 1.807) is 19.2 Å². The molecule has 0 unspecified atom stereocenters. The molecule has 0 amide bonds. The van der Waals surface area contributed by atoms with E-state index < -0.39 is 11.2 Å². The van der Waals surface area contributed by atoms with Gasteiger partial charge in [0.15, 0.2) is 11.2 Å². The van der Waals surface area contributed by atoms with Gasteiger partial charge in [-0.25, -0.2) is 9.18 Å². The monoisotopic (exact) mass is 400 g/mol. The molecule has 29 heavy (non-hydrogen) atoms. The molecule has 0 saturated carbocycles. The van der Waals surface area contributed by atoms with Crippen LogP contribution in [0.4, 0.5) is 16.0 Å². The summed E-state index contributed by atoms with van der Waals surface area (Å²) in [5.41, 5.74) is 0.935. The van der Waals surface area contributed by atoms with Crippen molar-refractivity contribution >= 4 is 22.8 Å². The smallest absolute Gasteiger partial charge is 0.329 e. The van der Waals surface area contributed by atoms with Crippen LogP contribution in [0.1, 0.15) is 13.8 Å². The van der Waals surface area contributed by atoms with Gasteiger partial charge in [0, 0.05) is 45.5 Å². The molecule has 0 radical (unpaired) electrons. The predicted molar refractivity (Wildman–Crippen MR) is 111 cm³/mol. The van der Waals surface area contributed by atoms with Crippen molar-refractivity contribution in [1.29, 1.82) is 0 Å². The lowest BCUT2D eigenvalue weighted by Gasteiger charge is -2.36.